The van der Waals surface area contributed by atoms with Crippen LogP contribution in [0.1, 0.15) is 17.2 Å². The van der Waals surface area contributed by atoms with Crippen molar-refractivity contribution >= 4 is 38.4 Å². The van der Waals surface area contributed by atoms with Gasteiger partial charge in [-0.05, 0) is 39.7 Å². The van der Waals surface area contributed by atoms with Gasteiger partial charge in [0, 0.05) is 21.6 Å². The van der Waals surface area contributed by atoms with Crippen molar-refractivity contribution in [3.05, 3.63) is 75.4 Å². The van der Waals surface area contributed by atoms with Gasteiger partial charge in [-0.25, -0.2) is 0 Å². The summed E-state index contributed by atoms with van der Waals surface area (Å²) >= 11 is 9.65. The Hall–Kier alpha value is -1.42. The summed E-state index contributed by atoms with van der Waals surface area (Å²) in [6.07, 6.45) is 0.956. The van der Waals surface area contributed by atoms with Crippen molar-refractivity contribution in [3.8, 4) is 0 Å². The number of rotatable bonds is 2. The molecular weight excluding hydrogens is 338 g/mol. The molecule has 0 saturated carbocycles. The molecule has 2 aromatic carbocycles. The van der Waals surface area contributed by atoms with Crippen LogP contribution in [0.5, 0.6) is 0 Å². The highest BCUT2D eigenvalue weighted by atomic mass is 79.9. The maximum Gasteiger partial charge on any atom is 0.106 e. The number of aliphatic hydroxyl groups excluding tert-OH is 1. The molecule has 0 fully saturated rings. The van der Waals surface area contributed by atoms with Crippen molar-refractivity contribution in [2.24, 2.45) is 0 Å². The number of hydrogen-bond acceptors (Lipinski definition) is 2. The zero-order valence-corrected chi connectivity index (χ0v) is 12.8. The average molecular weight is 349 g/mol. The van der Waals surface area contributed by atoms with E-state index >= 15 is 0 Å². The Kier molecular flexibility index (Phi) is 3.74. The zero-order valence-electron chi connectivity index (χ0n) is 10.4. The van der Waals surface area contributed by atoms with Crippen LogP contribution in [0, 0.1) is 0 Å². The molecule has 1 heterocycles. The molecule has 0 aliphatic rings. The van der Waals surface area contributed by atoms with E-state index < -0.39 is 6.10 Å². The molecular formula is C16H11BrClNO. The van der Waals surface area contributed by atoms with Crippen molar-refractivity contribution in [3.63, 3.8) is 0 Å². The van der Waals surface area contributed by atoms with Crippen molar-refractivity contribution in [2.75, 3.05) is 0 Å². The molecule has 0 amide bonds. The number of hydrogen-bond donors (Lipinski definition) is 1. The van der Waals surface area contributed by atoms with Crippen molar-refractivity contribution in [1.29, 1.82) is 0 Å². The van der Waals surface area contributed by atoms with Crippen LogP contribution in [0.3, 0.4) is 0 Å². The summed E-state index contributed by atoms with van der Waals surface area (Å²) in [6, 6.07) is 15.1. The Morgan fingerprint density at radius 1 is 1.00 bits per heavy atom. The third-order valence-corrected chi connectivity index (χ3v) is 4.56. The lowest BCUT2D eigenvalue weighted by molar-refractivity contribution is 0.222. The smallest absolute Gasteiger partial charge is 0.106 e. The van der Waals surface area contributed by atoms with Crippen LogP contribution >= 0.6 is 27.5 Å². The molecule has 3 rings (SSSR count). The van der Waals surface area contributed by atoms with E-state index in [0.717, 1.165) is 20.9 Å². The second-order valence-electron chi connectivity index (χ2n) is 4.46. The first kappa shape index (κ1) is 13.6. The first-order chi connectivity index (χ1) is 9.68. The van der Waals surface area contributed by atoms with Gasteiger partial charge in [0.05, 0.1) is 10.5 Å². The predicted molar refractivity (Wildman–Crippen MR) is 85.0 cm³/mol. The van der Waals surface area contributed by atoms with E-state index in [1.807, 2.05) is 48.5 Å². The SMILES string of the molecule is OC(c1cccc(Br)c1Cl)c1cccc2ncccc12. The zero-order chi connectivity index (χ0) is 14.1. The Morgan fingerprint density at radius 2 is 1.75 bits per heavy atom. The van der Waals surface area contributed by atoms with Gasteiger partial charge in [0.2, 0.25) is 0 Å². The van der Waals surface area contributed by atoms with E-state index in [-0.39, 0.29) is 0 Å². The Balaban J connectivity index is 2.18. The molecule has 20 heavy (non-hydrogen) atoms. The minimum atomic E-state index is -0.784. The third-order valence-electron chi connectivity index (χ3n) is 3.25. The van der Waals surface area contributed by atoms with Gasteiger partial charge in [0.15, 0.2) is 0 Å². The van der Waals surface area contributed by atoms with Crippen LogP contribution in [0.15, 0.2) is 59.2 Å². The van der Waals surface area contributed by atoms with E-state index in [4.69, 9.17) is 11.6 Å². The number of benzene rings is 2. The lowest BCUT2D eigenvalue weighted by Gasteiger charge is -2.16. The quantitative estimate of drug-likeness (QED) is 0.726. The van der Waals surface area contributed by atoms with E-state index in [0.29, 0.717) is 10.6 Å². The summed E-state index contributed by atoms with van der Waals surface area (Å²) in [6.45, 7) is 0. The molecule has 1 N–H and O–H groups in total. The van der Waals surface area contributed by atoms with E-state index in [1.54, 1.807) is 6.20 Å². The molecule has 1 unspecified atom stereocenters. The van der Waals surface area contributed by atoms with Gasteiger partial charge in [-0.15, -0.1) is 0 Å². The molecule has 4 heteroatoms. The van der Waals surface area contributed by atoms with E-state index in [9.17, 15) is 5.11 Å². The van der Waals surface area contributed by atoms with Crippen LogP contribution in [-0.4, -0.2) is 10.1 Å². The average Bonchev–Trinajstić information content (AvgIpc) is 2.49. The van der Waals surface area contributed by atoms with Gasteiger partial charge in [-0.2, -0.15) is 0 Å². The maximum atomic E-state index is 10.7. The largest absolute Gasteiger partial charge is 0.384 e. The summed E-state index contributed by atoms with van der Waals surface area (Å²) < 4.78 is 0.772. The van der Waals surface area contributed by atoms with Crippen LogP contribution in [0.25, 0.3) is 10.9 Å². The molecule has 0 spiro atoms. The summed E-state index contributed by atoms with van der Waals surface area (Å²) in [5, 5.41) is 12.1. The number of aliphatic hydroxyl groups is 1. The minimum Gasteiger partial charge on any atom is -0.384 e. The molecule has 1 atom stereocenters. The molecule has 1 aromatic heterocycles. The summed E-state index contributed by atoms with van der Waals surface area (Å²) in [5.74, 6) is 0. The van der Waals surface area contributed by atoms with Crippen LogP contribution in [0.2, 0.25) is 5.02 Å². The minimum absolute atomic E-state index is 0.529. The topological polar surface area (TPSA) is 33.1 Å². The van der Waals surface area contributed by atoms with Crippen molar-refractivity contribution < 1.29 is 5.11 Å². The first-order valence-electron chi connectivity index (χ1n) is 6.14. The lowest BCUT2D eigenvalue weighted by Crippen LogP contribution is -2.02. The monoisotopic (exact) mass is 347 g/mol. The highest BCUT2D eigenvalue weighted by molar-refractivity contribution is 9.10. The van der Waals surface area contributed by atoms with Gasteiger partial charge >= 0.3 is 0 Å². The summed E-state index contributed by atoms with van der Waals surface area (Å²) in [7, 11) is 0. The van der Waals surface area contributed by atoms with Crippen LogP contribution in [-0.2, 0) is 0 Å². The molecule has 0 aliphatic heterocycles. The van der Waals surface area contributed by atoms with E-state index in [1.165, 1.54) is 0 Å². The second-order valence-corrected chi connectivity index (χ2v) is 5.70. The number of halogens is 2. The highest BCUT2D eigenvalue weighted by Gasteiger charge is 2.17. The fourth-order valence-corrected chi connectivity index (χ4v) is 2.88. The van der Waals surface area contributed by atoms with E-state index in [2.05, 4.69) is 20.9 Å². The normalized spacial score (nSPS) is 12.6. The van der Waals surface area contributed by atoms with Crippen LogP contribution < -0.4 is 0 Å². The predicted octanol–water partition coefficient (Wildman–Crippen LogP) is 4.73. The second kappa shape index (κ2) is 5.52. The third kappa shape index (κ3) is 2.33. The number of aromatic nitrogens is 1. The highest BCUT2D eigenvalue weighted by Crippen LogP contribution is 2.35. The molecule has 0 bridgehead atoms. The standard InChI is InChI=1S/C16H11BrClNO/c17-13-7-1-5-12(15(13)18)16(20)11-4-2-8-14-10(11)6-3-9-19-14/h1-9,16,20H. The van der Waals surface area contributed by atoms with Crippen molar-refractivity contribution in [2.45, 2.75) is 6.10 Å². The van der Waals surface area contributed by atoms with Gasteiger partial charge < -0.3 is 5.11 Å². The lowest BCUT2D eigenvalue weighted by atomic mass is 9.97. The van der Waals surface area contributed by atoms with Crippen LogP contribution in [0.4, 0.5) is 0 Å². The number of pyridine rings is 1. The molecule has 3 aromatic rings. The molecule has 2 nitrogen and oxygen atoms in total. The molecule has 0 aliphatic carbocycles. The molecule has 0 saturated heterocycles. The Bertz CT molecular complexity index is 770. The van der Waals surface area contributed by atoms with Gasteiger partial charge in [0.25, 0.3) is 0 Å². The van der Waals surface area contributed by atoms with Crippen molar-refractivity contribution in [1.82, 2.24) is 4.98 Å². The number of nitrogens with zero attached hydrogens (tertiary/aromatic N) is 1. The maximum absolute atomic E-state index is 10.7. The van der Waals surface area contributed by atoms with Gasteiger partial charge in [-0.3, -0.25) is 4.98 Å². The molecule has 0 radical (unpaired) electrons. The van der Waals surface area contributed by atoms with Gasteiger partial charge in [-0.1, -0.05) is 41.9 Å². The number of fused-ring (bicyclic) bond motifs is 1. The summed E-state index contributed by atoms with van der Waals surface area (Å²) in [5.41, 5.74) is 2.34. The first-order valence-corrected chi connectivity index (χ1v) is 7.31. The fourth-order valence-electron chi connectivity index (χ4n) is 2.26. The Labute approximate surface area is 130 Å². The van der Waals surface area contributed by atoms with Gasteiger partial charge in [0.1, 0.15) is 6.10 Å². The summed E-state index contributed by atoms with van der Waals surface area (Å²) in [4.78, 5) is 4.30. The fraction of sp³-hybridized carbons (Fsp3) is 0.0625. The Morgan fingerprint density at radius 3 is 2.60 bits per heavy atom. The molecule has 100 valence electrons.